The van der Waals surface area contributed by atoms with E-state index in [0.717, 1.165) is 11.3 Å². The molecule has 0 fully saturated rings. The fourth-order valence-corrected chi connectivity index (χ4v) is 3.45. The Balaban J connectivity index is 2.95. The summed E-state index contributed by atoms with van der Waals surface area (Å²) in [5.41, 5.74) is 0.374. The van der Waals surface area contributed by atoms with Gasteiger partial charge in [0.25, 0.3) is 10.0 Å². The van der Waals surface area contributed by atoms with Crippen LogP contribution in [0.25, 0.3) is 0 Å². The second-order valence-electron chi connectivity index (χ2n) is 2.93. The third-order valence-corrected chi connectivity index (χ3v) is 4.59. The first kappa shape index (κ1) is 12.9. The molecule has 0 aliphatic carbocycles. The van der Waals surface area contributed by atoms with Crippen LogP contribution in [0.5, 0.6) is 0 Å². The van der Waals surface area contributed by atoms with E-state index in [4.69, 9.17) is 0 Å². The van der Waals surface area contributed by atoms with Gasteiger partial charge in [-0.1, -0.05) is 0 Å². The van der Waals surface area contributed by atoms with Crippen LogP contribution in [-0.4, -0.2) is 26.1 Å². The Labute approximate surface area is 97.7 Å². The fraction of sp³-hybridized carbons (Fsp3) is 0.500. The number of carbonyl (C=O) groups excluding carboxylic acids is 1. The predicted octanol–water partition coefficient (Wildman–Crippen LogP) is 1.19. The molecule has 0 bridgehead atoms. The largest absolute Gasteiger partial charge is 0.449 e. The maximum atomic E-state index is 11.7. The van der Waals surface area contributed by atoms with Gasteiger partial charge in [0.1, 0.15) is 0 Å². The van der Waals surface area contributed by atoms with Crippen LogP contribution >= 0.6 is 11.3 Å². The molecule has 16 heavy (non-hydrogen) atoms. The van der Waals surface area contributed by atoms with Gasteiger partial charge in [-0.15, -0.1) is 11.3 Å². The number of thiazole rings is 1. The summed E-state index contributed by atoms with van der Waals surface area (Å²) >= 11 is 1.01. The van der Waals surface area contributed by atoms with E-state index in [-0.39, 0.29) is 10.8 Å². The van der Waals surface area contributed by atoms with Crippen molar-refractivity contribution >= 4 is 27.5 Å². The van der Waals surface area contributed by atoms with Gasteiger partial charge in [0.2, 0.25) is 0 Å². The number of nitrogens with one attached hydrogen (secondary N) is 1. The van der Waals surface area contributed by atoms with E-state index < -0.39 is 16.1 Å². The summed E-state index contributed by atoms with van der Waals surface area (Å²) in [5, 5.41) is 0.627. The molecule has 1 amide bonds. The van der Waals surface area contributed by atoms with Crippen LogP contribution in [0.15, 0.2) is 4.21 Å². The zero-order valence-electron chi connectivity index (χ0n) is 9.10. The van der Waals surface area contributed by atoms with Crippen LogP contribution in [0.3, 0.4) is 0 Å². The fourth-order valence-electron chi connectivity index (χ4n) is 1.08. The van der Waals surface area contributed by atoms with Gasteiger partial charge in [-0.25, -0.2) is 22.9 Å². The Kier molecular flexibility index (Phi) is 3.87. The zero-order valence-corrected chi connectivity index (χ0v) is 10.7. The molecule has 8 heteroatoms. The molecule has 0 spiro atoms. The second kappa shape index (κ2) is 4.79. The number of hydrogen-bond donors (Lipinski definition) is 1. The van der Waals surface area contributed by atoms with Crippen molar-refractivity contribution in [2.24, 2.45) is 0 Å². The molecule has 90 valence electrons. The highest BCUT2D eigenvalue weighted by Gasteiger charge is 2.23. The van der Waals surface area contributed by atoms with E-state index in [1.54, 1.807) is 20.8 Å². The van der Waals surface area contributed by atoms with Crippen molar-refractivity contribution in [3.8, 4) is 0 Å². The highest BCUT2D eigenvalue weighted by Crippen LogP contribution is 2.22. The molecular weight excluding hydrogens is 252 g/mol. The van der Waals surface area contributed by atoms with Gasteiger partial charge in [0.15, 0.2) is 4.21 Å². The maximum Gasteiger partial charge on any atom is 0.421 e. The topological polar surface area (TPSA) is 85.4 Å². The van der Waals surface area contributed by atoms with Gasteiger partial charge < -0.3 is 4.74 Å². The van der Waals surface area contributed by atoms with E-state index >= 15 is 0 Å². The van der Waals surface area contributed by atoms with E-state index in [1.807, 2.05) is 4.72 Å². The highest BCUT2D eigenvalue weighted by atomic mass is 32.2. The minimum absolute atomic E-state index is 0.0399. The standard InChI is InChI=1S/C8H12N2O4S2/c1-4-14-8(11)10-16(12,13)7-5(2)9-6(3)15-7/h4H2,1-3H3,(H,10,11). The molecule has 1 aromatic heterocycles. The number of ether oxygens (including phenoxy) is 1. The Hall–Kier alpha value is -1.15. The van der Waals surface area contributed by atoms with E-state index in [0.29, 0.717) is 10.7 Å². The van der Waals surface area contributed by atoms with Gasteiger partial charge in [0.05, 0.1) is 17.3 Å². The predicted molar refractivity (Wildman–Crippen MR) is 58.9 cm³/mol. The Morgan fingerprint density at radius 3 is 2.56 bits per heavy atom. The summed E-state index contributed by atoms with van der Waals surface area (Å²) in [6.45, 7) is 4.97. The molecule has 0 radical (unpaired) electrons. The van der Waals surface area contributed by atoms with Crippen LogP contribution in [0.4, 0.5) is 4.79 Å². The van der Waals surface area contributed by atoms with Crippen molar-refractivity contribution < 1.29 is 17.9 Å². The quantitative estimate of drug-likeness (QED) is 0.886. The summed E-state index contributed by atoms with van der Waals surface area (Å²) in [7, 11) is -3.86. The average Bonchev–Trinajstić information content (AvgIpc) is 2.45. The third-order valence-electron chi connectivity index (χ3n) is 1.60. The van der Waals surface area contributed by atoms with Crippen molar-refractivity contribution in [3.05, 3.63) is 10.7 Å². The molecule has 0 aliphatic heterocycles. The lowest BCUT2D eigenvalue weighted by Crippen LogP contribution is -2.31. The molecule has 1 heterocycles. The van der Waals surface area contributed by atoms with Gasteiger partial charge in [-0.3, -0.25) is 0 Å². The minimum atomic E-state index is -3.86. The van der Waals surface area contributed by atoms with Crippen molar-refractivity contribution in [3.63, 3.8) is 0 Å². The van der Waals surface area contributed by atoms with E-state index in [1.165, 1.54) is 0 Å². The van der Waals surface area contributed by atoms with Crippen LogP contribution < -0.4 is 4.72 Å². The first-order valence-electron chi connectivity index (χ1n) is 4.50. The summed E-state index contributed by atoms with van der Waals surface area (Å²) in [6, 6.07) is 0. The first-order valence-corrected chi connectivity index (χ1v) is 6.80. The van der Waals surface area contributed by atoms with Crippen LogP contribution in [0.2, 0.25) is 0 Å². The summed E-state index contributed by atoms with van der Waals surface area (Å²) in [6.07, 6.45) is -0.979. The monoisotopic (exact) mass is 264 g/mol. The maximum absolute atomic E-state index is 11.7. The number of nitrogens with zero attached hydrogens (tertiary/aromatic N) is 1. The summed E-state index contributed by atoms with van der Waals surface area (Å²) in [4.78, 5) is 15.0. The zero-order chi connectivity index (χ0) is 12.3. The van der Waals surface area contributed by atoms with Gasteiger partial charge in [-0.05, 0) is 20.8 Å². The summed E-state index contributed by atoms with van der Waals surface area (Å²) in [5.74, 6) is 0. The lowest BCUT2D eigenvalue weighted by atomic mass is 10.6. The van der Waals surface area contributed by atoms with Crippen LogP contribution in [0, 0.1) is 13.8 Å². The van der Waals surface area contributed by atoms with Crippen molar-refractivity contribution in [1.29, 1.82) is 0 Å². The second-order valence-corrected chi connectivity index (χ2v) is 6.01. The van der Waals surface area contributed by atoms with Crippen molar-refractivity contribution in [2.75, 3.05) is 6.61 Å². The minimum Gasteiger partial charge on any atom is -0.449 e. The van der Waals surface area contributed by atoms with E-state index in [9.17, 15) is 13.2 Å². The highest BCUT2D eigenvalue weighted by molar-refractivity contribution is 7.92. The number of aryl methyl sites for hydroxylation is 2. The lowest BCUT2D eigenvalue weighted by molar-refractivity contribution is 0.158. The molecule has 0 aliphatic rings. The average molecular weight is 264 g/mol. The normalized spacial score (nSPS) is 11.2. The number of rotatable bonds is 3. The first-order chi connectivity index (χ1) is 7.36. The Bertz CT molecular complexity index is 492. The molecule has 1 rings (SSSR count). The van der Waals surface area contributed by atoms with Crippen LogP contribution in [-0.2, 0) is 14.8 Å². The molecule has 1 aromatic rings. The number of carbonyl (C=O) groups is 1. The Morgan fingerprint density at radius 2 is 2.12 bits per heavy atom. The SMILES string of the molecule is CCOC(=O)NS(=O)(=O)c1sc(C)nc1C. The smallest absolute Gasteiger partial charge is 0.421 e. The van der Waals surface area contributed by atoms with Crippen molar-refractivity contribution in [2.45, 2.75) is 25.0 Å². The number of hydrogen-bond acceptors (Lipinski definition) is 6. The molecule has 0 unspecified atom stereocenters. The van der Waals surface area contributed by atoms with Gasteiger partial charge in [-0.2, -0.15) is 0 Å². The number of amides is 1. The molecule has 0 saturated heterocycles. The molecular formula is C8H12N2O4S2. The third kappa shape index (κ3) is 2.92. The summed E-state index contributed by atoms with van der Waals surface area (Å²) < 4.78 is 29.8. The van der Waals surface area contributed by atoms with Crippen molar-refractivity contribution in [1.82, 2.24) is 9.71 Å². The molecule has 1 N–H and O–H groups in total. The van der Waals surface area contributed by atoms with Crippen LogP contribution in [0.1, 0.15) is 17.6 Å². The molecule has 0 saturated carbocycles. The lowest BCUT2D eigenvalue weighted by Gasteiger charge is -2.04. The Morgan fingerprint density at radius 1 is 1.50 bits per heavy atom. The molecule has 0 atom stereocenters. The number of aromatic nitrogens is 1. The number of sulfonamides is 1. The molecule has 6 nitrogen and oxygen atoms in total. The van der Waals surface area contributed by atoms with Gasteiger partial charge >= 0.3 is 6.09 Å². The molecule has 0 aromatic carbocycles. The van der Waals surface area contributed by atoms with Gasteiger partial charge in [0, 0.05) is 0 Å². The van der Waals surface area contributed by atoms with E-state index in [2.05, 4.69) is 9.72 Å².